The number of hydrogen-bond acceptors (Lipinski definition) is 5. The van der Waals surface area contributed by atoms with Gasteiger partial charge in [0.15, 0.2) is 0 Å². The van der Waals surface area contributed by atoms with Crippen LogP contribution in [0.2, 0.25) is 0 Å². The lowest BCUT2D eigenvalue weighted by Gasteiger charge is -2.40. The van der Waals surface area contributed by atoms with Gasteiger partial charge >= 0.3 is 5.97 Å². The van der Waals surface area contributed by atoms with Crippen molar-refractivity contribution in [3.05, 3.63) is 58.3 Å². The highest BCUT2D eigenvalue weighted by molar-refractivity contribution is 5.88. The highest BCUT2D eigenvalue weighted by Gasteiger charge is 2.56. The molecule has 168 valence electrons. The number of benzene rings is 1. The molecule has 0 aromatic heterocycles. The van der Waals surface area contributed by atoms with Crippen LogP contribution in [0.1, 0.15) is 82.6 Å². The van der Waals surface area contributed by atoms with Gasteiger partial charge in [-0.1, -0.05) is 74.4 Å². The zero-order valence-electron chi connectivity index (χ0n) is 19.0. The van der Waals surface area contributed by atoms with E-state index in [1.54, 1.807) is 6.92 Å². The standard InChI is InChI=1S/C27H33N3O2/c1-2-32-26(31)27(19-29)24(20-14-10-9-11-15-20)22-17-13-8-6-4-3-5-7-12-16-21(22)23(18-28)25(27)30/h9-11,14-15,24H,2-8,12-13,16-17,30H2,1H3/t24-,27+/m1/s1. The second-order valence-electron chi connectivity index (χ2n) is 8.72. The monoisotopic (exact) mass is 431 g/mol. The van der Waals surface area contributed by atoms with Crippen LogP contribution >= 0.6 is 0 Å². The van der Waals surface area contributed by atoms with Crippen LogP contribution in [0, 0.1) is 28.1 Å². The molecule has 0 amide bonds. The summed E-state index contributed by atoms with van der Waals surface area (Å²) in [6.45, 7) is 1.86. The average Bonchev–Trinajstić information content (AvgIpc) is 2.80. The highest BCUT2D eigenvalue weighted by atomic mass is 16.5. The zero-order valence-corrected chi connectivity index (χ0v) is 19.0. The van der Waals surface area contributed by atoms with E-state index < -0.39 is 17.3 Å². The molecular weight excluding hydrogens is 398 g/mol. The Morgan fingerprint density at radius 1 is 1.03 bits per heavy atom. The second-order valence-corrected chi connectivity index (χ2v) is 8.72. The van der Waals surface area contributed by atoms with E-state index in [1.807, 2.05) is 30.3 Å². The Labute approximate surface area is 191 Å². The van der Waals surface area contributed by atoms with Gasteiger partial charge in [0.05, 0.1) is 23.9 Å². The Balaban J connectivity index is 2.26. The third kappa shape index (κ3) is 4.44. The van der Waals surface area contributed by atoms with E-state index in [9.17, 15) is 15.3 Å². The number of nitrogens with zero attached hydrogens (tertiary/aromatic N) is 2. The number of ether oxygens (including phenoxy) is 1. The molecule has 2 aliphatic rings. The Hall–Kier alpha value is -3.05. The van der Waals surface area contributed by atoms with Crippen LogP contribution in [0.15, 0.2) is 52.7 Å². The van der Waals surface area contributed by atoms with Crippen LogP contribution in [-0.4, -0.2) is 12.6 Å². The SMILES string of the molecule is CCOC(=O)[C@]1(C#N)C(N)=C(C#N)C2=C(CCCCCCCCCC2)[C@H]1c1ccccc1. The summed E-state index contributed by atoms with van der Waals surface area (Å²) in [5.74, 6) is -1.22. The van der Waals surface area contributed by atoms with Crippen molar-refractivity contribution >= 4 is 5.97 Å². The lowest BCUT2D eigenvalue weighted by Crippen LogP contribution is -2.46. The van der Waals surface area contributed by atoms with Crippen LogP contribution in [0.5, 0.6) is 0 Å². The summed E-state index contributed by atoms with van der Waals surface area (Å²) in [6, 6.07) is 14.1. The van der Waals surface area contributed by atoms with Gasteiger partial charge in [-0.15, -0.1) is 0 Å². The molecule has 0 saturated heterocycles. The largest absolute Gasteiger partial charge is 0.464 e. The van der Waals surface area contributed by atoms with Gasteiger partial charge in [-0.25, -0.2) is 4.79 Å². The number of nitriles is 2. The van der Waals surface area contributed by atoms with E-state index in [0.29, 0.717) is 5.57 Å². The number of esters is 1. The summed E-state index contributed by atoms with van der Waals surface area (Å²) < 4.78 is 5.40. The van der Waals surface area contributed by atoms with Crippen molar-refractivity contribution in [3.63, 3.8) is 0 Å². The number of hydrogen-bond donors (Lipinski definition) is 1. The number of nitrogens with two attached hydrogens (primary N) is 1. The number of carbonyl (C=O) groups is 1. The van der Waals surface area contributed by atoms with Gasteiger partial charge in [0.2, 0.25) is 5.41 Å². The van der Waals surface area contributed by atoms with Crippen LogP contribution in [0.4, 0.5) is 0 Å². The molecule has 0 bridgehead atoms. The van der Waals surface area contributed by atoms with E-state index in [0.717, 1.165) is 55.2 Å². The molecule has 5 nitrogen and oxygen atoms in total. The molecule has 32 heavy (non-hydrogen) atoms. The van der Waals surface area contributed by atoms with Crippen LogP contribution in [0.25, 0.3) is 0 Å². The normalized spacial score (nSPS) is 24.9. The van der Waals surface area contributed by atoms with E-state index in [-0.39, 0.29) is 12.3 Å². The molecular formula is C27H33N3O2. The molecule has 0 spiro atoms. The maximum atomic E-state index is 13.4. The van der Waals surface area contributed by atoms with E-state index in [2.05, 4.69) is 12.1 Å². The first-order valence-corrected chi connectivity index (χ1v) is 11.9. The maximum absolute atomic E-state index is 13.4. The van der Waals surface area contributed by atoms with E-state index in [4.69, 9.17) is 10.5 Å². The number of rotatable bonds is 3. The maximum Gasteiger partial charge on any atom is 0.333 e. The van der Waals surface area contributed by atoms with Crippen molar-refractivity contribution in [3.8, 4) is 12.1 Å². The Morgan fingerprint density at radius 2 is 1.62 bits per heavy atom. The van der Waals surface area contributed by atoms with Crippen molar-refractivity contribution in [1.82, 2.24) is 0 Å². The van der Waals surface area contributed by atoms with Crippen molar-refractivity contribution in [2.75, 3.05) is 6.61 Å². The molecule has 0 radical (unpaired) electrons. The topological polar surface area (TPSA) is 99.9 Å². The van der Waals surface area contributed by atoms with Gasteiger partial charge in [0.1, 0.15) is 6.07 Å². The molecule has 0 unspecified atom stereocenters. The molecule has 3 rings (SSSR count). The van der Waals surface area contributed by atoms with E-state index >= 15 is 0 Å². The van der Waals surface area contributed by atoms with Gasteiger partial charge < -0.3 is 10.5 Å². The molecule has 0 aliphatic heterocycles. The summed E-state index contributed by atoms with van der Waals surface area (Å²) in [4.78, 5) is 13.4. The second kappa shape index (κ2) is 11.0. The Bertz CT molecular complexity index is 965. The molecule has 2 atom stereocenters. The fourth-order valence-corrected chi connectivity index (χ4v) is 5.24. The quantitative estimate of drug-likeness (QED) is 0.609. The predicted molar refractivity (Wildman–Crippen MR) is 124 cm³/mol. The van der Waals surface area contributed by atoms with Crippen LogP contribution < -0.4 is 5.73 Å². The molecule has 2 aliphatic carbocycles. The van der Waals surface area contributed by atoms with Crippen LogP contribution in [0.3, 0.4) is 0 Å². The summed E-state index contributed by atoms with van der Waals surface area (Å²) in [5.41, 5.74) is 7.98. The average molecular weight is 432 g/mol. The first kappa shape index (κ1) is 23.6. The minimum Gasteiger partial charge on any atom is -0.464 e. The third-order valence-corrected chi connectivity index (χ3v) is 6.81. The van der Waals surface area contributed by atoms with E-state index in [1.165, 1.54) is 25.7 Å². The number of allylic oxidation sites excluding steroid dienone is 3. The molecule has 0 heterocycles. The molecule has 0 fully saturated rings. The van der Waals surface area contributed by atoms with Gasteiger partial charge in [0, 0.05) is 5.92 Å². The Kier molecular flexibility index (Phi) is 8.12. The highest BCUT2D eigenvalue weighted by Crippen LogP contribution is 2.54. The van der Waals surface area contributed by atoms with Gasteiger partial charge in [-0.05, 0) is 43.7 Å². The lowest BCUT2D eigenvalue weighted by atomic mass is 9.60. The first-order chi connectivity index (χ1) is 15.6. The smallest absolute Gasteiger partial charge is 0.333 e. The fraction of sp³-hybridized carbons (Fsp3) is 0.519. The molecule has 5 heteroatoms. The molecule has 0 saturated carbocycles. The third-order valence-electron chi connectivity index (χ3n) is 6.81. The van der Waals surface area contributed by atoms with Crippen LogP contribution in [-0.2, 0) is 9.53 Å². The summed E-state index contributed by atoms with van der Waals surface area (Å²) in [7, 11) is 0. The zero-order chi connectivity index (χ0) is 23.0. The van der Waals surface area contributed by atoms with Gasteiger partial charge in [0.25, 0.3) is 0 Å². The Morgan fingerprint density at radius 3 is 2.19 bits per heavy atom. The lowest BCUT2D eigenvalue weighted by molar-refractivity contribution is -0.151. The van der Waals surface area contributed by atoms with Gasteiger partial charge in [-0.3, -0.25) is 0 Å². The van der Waals surface area contributed by atoms with Crippen molar-refractivity contribution < 1.29 is 9.53 Å². The number of carbonyl (C=O) groups excluding carboxylic acids is 1. The predicted octanol–water partition coefficient (Wildman–Crippen LogP) is 5.80. The minimum atomic E-state index is -1.74. The molecule has 1 aromatic rings. The van der Waals surface area contributed by atoms with Crippen molar-refractivity contribution in [1.29, 1.82) is 10.5 Å². The fourth-order valence-electron chi connectivity index (χ4n) is 5.24. The molecule has 2 N–H and O–H groups in total. The minimum absolute atomic E-state index is 0.0423. The van der Waals surface area contributed by atoms with Crippen molar-refractivity contribution in [2.45, 2.75) is 77.0 Å². The van der Waals surface area contributed by atoms with Crippen molar-refractivity contribution in [2.24, 2.45) is 11.1 Å². The summed E-state index contributed by atoms with van der Waals surface area (Å²) in [6.07, 6.45) is 10.5. The first-order valence-electron chi connectivity index (χ1n) is 11.9. The molecule has 1 aromatic carbocycles. The van der Waals surface area contributed by atoms with Gasteiger partial charge in [-0.2, -0.15) is 10.5 Å². The summed E-state index contributed by atoms with van der Waals surface area (Å²) >= 11 is 0. The summed E-state index contributed by atoms with van der Waals surface area (Å²) in [5, 5.41) is 20.6.